The molecule has 27 heavy (non-hydrogen) atoms. The maximum Gasteiger partial charge on any atom is 0.416 e. The number of carbonyl (C=O) groups is 2. The van der Waals surface area contributed by atoms with Crippen molar-refractivity contribution in [3.63, 3.8) is 0 Å². The summed E-state index contributed by atoms with van der Waals surface area (Å²) < 4.78 is 38.0. The molecule has 2 amide bonds. The average Bonchev–Trinajstić information content (AvgIpc) is 2.58. The Morgan fingerprint density at radius 2 is 1.74 bits per heavy atom. The summed E-state index contributed by atoms with van der Waals surface area (Å²) in [4.78, 5) is 25.2. The number of anilines is 2. The van der Waals surface area contributed by atoms with Crippen molar-refractivity contribution in [2.75, 3.05) is 16.8 Å². The molecule has 0 saturated heterocycles. The maximum absolute atomic E-state index is 12.7. The molecule has 8 heteroatoms. The molecule has 0 saturated carbocycles. The van der Waals surface area contributed by atoms with Crippen molar-refractivity contribution in [2.24, 2.45) is 0 Å². The van der Waals surface area contributed by atoms with Crippen LogP contribution in [0.25, 0.3) is 0 Å². The molecule has 0 radical (unpaired) electrons. The molecule has 0 aromatic heterocycles. The molecule has 0 aliphatic heterocycles. The molecule has 0 aliphatic rings. The van der Waals surface area contributed by atoms with Crippen LogP contribution in [0.1, 0.15) is 24.5 Å². The van der Waals surface area contributed by atoms with Crippen LogP contribution in [0.4, 0.5) is 24.5 Å². The number of rotatable bonds is 5. The minimum Gasteiger partial charge on any atom is -0.326 e. The highest BCUT2D eigenvalue weighted by molar-refractivity contribution is 6.31. The molecule has 0 bridgehead atoms. The van der Waals surface area contributed by atoms with E-state index in [1.165, 1.54) is 24.0 Å². The van der Waals surface area contributed by atoms with Crippen LogP contribution in [0.3, 0.4) is 0 Å². The molecule has 1 N–H and O–H groups in total. The predicted octanol–water partition coefficient (Wildman–Crippen LogP) is 5.05. The van der Waals surface area contributed by atoms with E-state index < -0.39 is 11.7 Å². The van der Waals surface area contributed by atoms with Gasteiger partial charge in [0, 0.05) is 36.3 Å². The minimum atomic E-state index is -4.45. The Hall–Kier alpha value is -2.54. The second-order valence-electron chi connectivity index (χ2n) is 5.98. The lowest BCUT2D eigenvalue weighted by Crippen LogP contribution is -2.32. The fraction of sp³-hybridized carbons (Fsp3) is 0.263. The zero-order chi connectivity index (χ0) is 20.2. The highest BCUT2D eigenvalue weighted by Gasteiger charge is 2.30. The molecule has 0 heterocycles. The molecule has 0 fully saturated rings. The van der Waals surface area contributed by atoms with Crippen molar-refractivity contribution in [1.29, 1.82) is 0 Å². The molecule has 2 aromatic carbocycles. The molecule has 0 aliphatic carbocycles. The number of nitrogens with zero attached hydrogens (tertiary/aromatic N) is 1. The molecule has 2 aromatic rings. The van der Waals surface area contributed by atoms with Crippen LogP contribution in [0.5, 0.6) is 0 Å². The highest BCUT2D eigenvalue weighted by Crippen LogP contribution is 2.30. The van der Waals surface area contributed by atoms with Gasteiger partial charge in [-0.1, -0.05) is 17.7 Å². The van der Waals surface area contributed by atoms with Crippen molar-refractivity contribution in [1.82, 2.24) is 0 Å². The smallest absolute Gasteiger partial charge is 0.326 e. The van der Waals surface area contributed by atoms with Gasteiger partial charge in [-0.3, -0.25) is 9.59 Å². The van der Waals surface area contributed by atoms with Gasteiger partial charge in [0.25, 0.3) is 0 Å². The van der Waals surface area contributed by atoms with Crippen LogP contribution in [0.15, 0.2) is 42.5 Å². The van der Waals surface area contributed by atoms with Crippen LogP contribution >= 0.6 is 11.6 Å². The van der Waals surface area contributed by atoms with Crippen molar-refractivity contribution >= 4 is 34.8 Å². The van der Waals surface area contributed by atoms with Gasteiger partial charge in [0.05, 0.1) is 5.56 Å². The Bertz CT molecular complexity index is 836. The number of hydrogen-bond donors (Lipinski definition) is 1. The topological polar surface area (TPSA) is 49.4 Å². The summed E-state index contributed by atoms with van der Waals surface area (Å²) in [6.45, 7) is 3.16. The number of alkyl halides is 3. The predicted molar refractivity (Wildman–Crippen MR) is 98.9 cm³/mol. The Morgan fingerprint density at radius 3 is 2.26 bits per heavy atom. The van der Waals surface area contributed by atoms with Gasteiger partial charge in [-0.15, -0.1) is 0 Å². The van der Waals surface area contributed by atoms with Gasteiger partial charge in [-0.2, -0.15) is 13.2 Å². The summed E-state index contributed by atoms with van der Waals surface area (Å²) in [5.41, 5.74) is 0.893. The number of amides is 2. The molecule has 144 valence electrons. The van der Waals surface area contributed by atoms with E-state index in [9.17, 15) is 22.8 Å². The Morgan fingerprint density at radius 1 is 1.11 bits per heavy atom. The van der Waals surface area contributed by atoms with E-state index in [1.807, 2.05) is 6.92 Å². The zero-order valence-corrected chi connectivity index (χ0v) is 15.5. The van der Waals surface area contributed by atoms with Crippen LogP contribution in [-0.2, 0) is 15.8 Å². The standard InChI is InChI=1S/C19H18ClF3N2O2/c1-12-3-6-15(11-17(12)20)24-18(27)9-10-25(13(2)26)16-7-4-14(5-8-16)19(21,22)23/h3-8,11H,9-10H2,1-2H3,(H,24,27). The Balaban J connectivity index is 2.02. The monoisotopic (exact) mass is 398 g/mol. The molecule has 2 rings (SSSR count). The molecule has 0 unspecified atom stereocenters. The fourth-order valence-electron chi connectivity index (χ4n) is 2.41. The molecule has 4 nitrogen and oxygen atoms in total. The van der Waals surface area contributed by atoms with E-state index in [2.05, 4.69) is 5.32 Å². The number of halogens is 4. The largest absolute Gasteiger partial charge is 0.416 e. The summed E-state index contributed by atoms with van der Waals surface area (Å²) in [6, 6.07) is 9.32. The lowest BCUT2D eigenvalue weighted by Gasteiger charge is -2.21. The second kappa shape index (κ2) is 8.43. The lowest BCUT2D eigenvalue weighted by atomic mass is 10.2. The van der Waals surface area contributed by atoms with E-state index in [-0.39, 0.29) is 24.8 Å². The van der Waals surface area contributed by atoms with Crippen molar-refractivity contribution in [3.8, 4) is 0 Å². The molecular formula is C19H18ClF3N2O2. The van der Waals surface area contributed by atoms with Crippen molar-refractivity contribution in [3.05, 3.63) is 58.6 Å². The van der Waals surface area contributed by atoms with Crippen LogP contribution < -0.4 is 10.2 Å². The first-order valence-corrected chi connectivity index (χ1v) is 8.47. The fourth-order valence-corrected chi connectivity index (χ4v) is 2.59. The van der Waals surface area contributed by atoms with Gasteiger partial charge >= 0.3 is 6.18 Å². The number of benzene rings is 2. The summed E-state index contributed by atoms with van der Waals surface area (Å²) in [7, 11) is 0. The van der Waals surface area contributed by atoms with Gasteiger partial charge in [0.15, 0.2) is 0 Å². The van der Waals surface area contributed by atoms with Gasteiger partial charge in [-0.05, 0) is 48.9 Å². The van der Waals surface area contributed by atoms with Gasteiger partial charge < -0.3 is 10.2 Å². The first kappa shape index (κ1) is 20.8. The summed E-state index contributed by atoms with van der Waals surface area (Å²) in [5.74, 6) is -0.714. The Kier molecular flexibility index (Phi) is 6.49. The van der Waals surface area contributed by atoms with Crippen molar-refractivity contribution < 1.29 is 22.8 Å². The van der Waals surface area contributed by atoms with Gasteiger partial charge in [0.2, 0.25) is 11.8 Å². The van der Waals surface area contributed by atoms with E-state index in [1.54, 1.807) is 18.2 Å². The molecular weight excluding hydrogens is 381 g/mol. The summed E-state index contributed by atoms with van der Waals surface area (Å²) in [6.07, 6.45) is -4.47. The number of carbonyl (C=O) groups excluding carboxylic acids is 2. The summed E-state index contributed by atoms with van der Waals surface area (Å²) >= 11 is 6.01. The third-order valence-electron chi connectivity index (χ3n) is 3.90. The lowest BCUT2D eigenvalue weighted by molar-refractivity contribution is -0.137. The number of aryl methyl sites for hydroxylation is 1. The summed E-state index contributed by atoms with van der Waals surface area (Å²) in [5, 5.41) is 3.19. The van der Waals surface area contributed by atoms with Crippen LogP contribution in [0.2, 0.25) is 5.02 Å². The van der Waals surface area contributed by atoms with Crippen LogP contribution in [-0.4, -0.2) is 18.4 Å². The first-order valence-electron chi connectivity index (χ1n) is 8.09. The van der Waals surface area contributed by atoms with Crippen molar-refractivity contribution in [2.45, 2.75) is 26.4 Å². The third kappa shape index (κ3) is 5.72. The average molecular weight is 399 g/mol. The second-order valence-corrected chi connectivity index (χ2v) is 6.38. The van der Waals surface area contributed by atoms with Gasteiger partial charge in [0.1, 0.15) is 0 Å². The van der Waals surface area contributed by atoms with Crippen LogP contribution in [0, 0.1) is 6.92 Å². The molecule has 0 spiro atoms. The SMILES string of the molecule is CC(=O)N(CCC(=O)Nc1ccc(C)c(Cl)c1)c1ccc(C(F)(F)F)cc1. The maximum atomic E-state index is 12.7. The Labute approximate surface area is 159 Å². The van der Waals surface area contributed by atoms with E-state index in [4.69, 9.17) is 11.6 Å². The van der Waals surface area contributed by atoms with E-state index in [0.29, 0.717) is 16.4 Å². The number of nitrogens with one attached hydrogen (secondary N) is 1. The van der Waals surface area contributed by atoms with Gasteiger partial charge in [-0.25, -0.2) is 0 Å². The molecule has 0 atom stereocenters. The minimum absolute atomic E-state index is 0.0217. The van der Waals surface area contributed by atoms with E-state index in [0.717, 1.165) is 17.7 Å². The normalized spacial score (nSPS) is 11.2. The highest BCUT2D eigenvalue weighted by atomic mass is 35.5. The quantitative estimate of drug-likeness (QED) is 0.766. The van der Waals surface area contributed by atoms with E-state index >= 15 is 0 Å². The third-order valence-corrected chi connectivity index (χ3v) is 4.31. The number of hydrogen-bond acceptors (Lipinski definition) is 2. The first-order chi connectivity index (χ1) is 12.6. The zero-order valence-electron chi connectivity index (χ0n) is 14.7.